The minimum absolute atomic E-state index is 0.165. The van der Waals surface area contributed by atoms with Crippen molar-refractivity contribution in [1.29, 1.82) is 0 Å². The first kappa shape index (κ1) is 15.9. The van der Waals surface area contributed by atoms with Gasteiger partial charge in [-0.2, -0.15) is 0 Å². The zero-order chi connectivity index (χ0) is 15.4. The van der Waals surface area contributed by atoms with E-state index in [4.69, 9.17) is 17.3 Å². The van der Waals surface area contributed by atoms with Crippen LogP contribution in [0.2, 0.25) is 5.02 Å². The van der Waals surface area contributed by atoms with Gasteiger partial charge in [-0.3, -0.25) is 4.90 Å². The van der Waals surface area contributed by atoms with Crippen molar-refractivity contribution in [1.82, 2.24) is 4.90 Å². The van der Waals surface area contributed by atoms with Gasteiger partial charge < -0.3 is 5.73 Å². The molecular formula is C16H17ClF2N2. The standard InChI is InChI=1S/C16H17ClF2N2/c1-21(10-11-3-2-4-12(18)7-11)16(9-20)14-6-5-13(19)8-15(14)17/h2-8,16H,9-10,20H2,1H3. The number of likely N-dealkylation sites (N-methyl/N-ethyl adjacent to an activating group) is 1. The highest BCUT2D eigenvalue weighted by atomic mass is 35.5. The molecule has 0 saturated heterocycles. The van der Waals surface area contributed by atoms with E-state index in [1.165, 1.54) is 24.3 Å². The van der Waals surface area contributed by atoms with Gasteiger partial charge in [0.2, 0.25) is 0 Å². The van der Waals surface area contributed by atoms with Gasteiger partial charge in [0.1, 0.15) is 11.6 Å². The first-order valence-electron chi connectivity index (χ1n) is 6.61. The third-order valence-corrected chi connectivity index (χ3v) is 3.73. The Balaban J connectivity index is 2.20. The van der Waals surface area contributed by atoms with Crippen LogP contribution in [0.1, 0.15) is 17.2 Å². The van der Waals surface area contributed by atoms with Crippen LogP contribution < -0.4 is 5.73 Å². The molecule has 0 bridgehead atoms. The second-order valence-corrected chi connectivity index (χ2v) is 5.37. The first-order valence-corrected chi connectivity index (χ1v) is 6.98. The van der Waals surface area contributed by atoms with Crippen molar-refractivity contribution >= 4 is 11.6 Å². The third kappa shape index (κ3) is 4.00. The molecule has 2 nitrogen and oxygen atoms in total. The molecule has 2 N–H and O–H groups in total. The van der Waals surface area contributed by atoms with Crippen LogP contribution in [-0.4, -0.2) is 18.5 Å². The summed E-state index contributed by atoms with van der Waals surface area (Å²) in [7, 11) is 1.88. The molecule has 0 aliphatic carbocycles. The summed E-state index contributed by atoms with van der Waals surface area (Å²) in [6.45, 7) is 0.852. The fourth-order valence-electron chi connectivity index (χ4n) is 2.35. The van der Waals surface area contributed by atoms with Crippen LogP contribution in [0.4, 0.5) is 8.78 Å². The normalized spacial score (nSPS) is 12.7. The molecule has 0 aliphatic heterocycles. The van der Waals surface area contributed by atoms with Crippen molar-refractivity contribution in [2.75, 3.05) is 13.6 Å². The molecule has 1 unspecified atom stereocenters. The van der Waals surface area contributed by atoms with Crippen molar-refractivity contribution < 1.29 is 8.78 Å². The van der Waals surface area contributed by atoms with Crippen LogP contribution in [0.25, 0.3) is 0 Å². The lowest BCUT2D eigenvalue weighted by atomic mass is 10.0. The molecule has 5 heteroatoms. The molecule has 0 aromatic heterocycles. The van der Waals surface area contributed by atoms with E-state index in [1.807, 2.05) is 18.0 Å². The van der Waals surface area contributed by atoms with Crippen LogP contribution in [-0.2, 0) is 6.54 Å². The number of hydrogen-bond acceptors (Lipinski definition) is 2. The molecule has 2 rings (SSSR count). The fourth-order valence-corrected chi connectivity index (χ4v) is 2.64. The Labute approximate surface area is 128 Å². The second kappa shape index (κ2) is 6.98. The van der Waals surface area contributed by atoms with Crippen LogP contribution in [0, 0.1) is 11.6 Å². The quantitative estimate of drug-likeness (QED) is 0.911. The summed E-state index contributed by atoms with van der Waals surface area (Å²) in [5, 5.41) is 0.344. The van der Waals surface area contributed by atoms with E-state index in [-0.39, 0.29) is 17.7 Å². The lowest BCUT2D eigenvalue weighted by molar-refractivity contribution is 0.241. The van der Waals surface area contributed by atoms with E-state index in [9.17, 15) is 8.78 Å². The molecule has 0 fully saturated rings. The maximum atomic E-state index is 13.2. The fraction of sp³-hybridized carbons (Fsp3) is 0.250. The highest BCUT2D eigenvalue weighted by Gasteiger charge is 2.19. The lowest BCUT2D eigenvalue weighted by Crippen LogP contribution is -2.30. The summed E-state index contributed by atoms with van der Waals surface area (Å²) in [6.07, 6.45) is 0. The maximum absolute atomic E-state index is 13.2. The Morgan fingerprint density at radius 3 is 2.48 bits per heavy atom. The number of rotatable bonds is 5. The minimum atomic E-state index is -0.382. The Bertz CT molecular complexity index is 619. The van der Waals surface area contributed by atoms with Gasteiger partial charge in [-0.05, 0) is 42.4 Å². The van der Waals surface area contributed by atoms with Gasteiger partial charge >= 0.3 is 0 Å². The Hall–Kier alpha value is -1.49. The highest BCUT2D eigenvalue weighted by molar-refractivity contribution is 6.31. The molecule has 0 spiro atoms. The van der Waals surface area contributed by atoms with Gasteiger partial charge in [0.15, 0.2) is 0 Å². The van der Waals surface area contributed by atoms with Gasteiger partial charge in [0.25, 0.3) is 0 Å². The van der Waals surface area contributed by atoms with E-state index in [0.29, 0.717) is 18.1 Å². The highest BCUT2D eigenvalue weighted by Crippen LogP contribution is 2.28. The average molecular weight is 311 g/mol. The molecule has 0 saturated carbocycles. The van der Waals surface area contributed by atoms with E-state index >= 15 is 0 Å². The summed E-state index contributed by atoms with van der Waals surface area (Å²) in [4.78, 5) is 1.97. The predicted octanol–water partition coefficient (Wildman–Crippen LogP) is 3.75. The molecule has 0 radical (unpaired) electrons. The van der Waals surface area contributed by atoms with E-state index in [0.717, 1.165) is 11.1 Å². The maximum Gasteiger partial charge on any atom is 0.124 e. The van der Waals surface area contributed by atoms with Crippen LogP contribution in [0.15, 0.2) is 42.5 Å². The second-order valence-electron chi connectivity index (χ2n) is 4.96. The van der Waals surface area contributed by atoms with E-state index < -0.39 is 0 Å². The summed E-state index contributed by atoms with van der Waals surface area (Å²) >= 11 is 6.09. The van der Waals surface area contributed by atoms with Crippen molar-refractivity contribution in [3.63, 3.8) is 0 Å². The molecule has 21 heavy (non-hydrogen) atoms. The number of benzene rings is 2. The van der Waals surface area contributed by atoms with Crippen molar-refractivity contribution in [2.24, 2.45) is 5.73 Å². The van der Waals surface area contributed by atoms with Gasteiger partial charge in [-0.25, -0.2) is 8.78 Å². The molecule has 0 aliphatic rings. The molecule has 2 aromatic rings. The van der Waals surface area contributed by atoms with E-state index in [1.54, 1.807) is 12.1 Å². The third-order valence-electron chi connectivity index (χ3n) is 3.40. The zero-order valence-corrected chi connectivity index (χ0v) is 12.4. The van der Waals surface area contributed by atoms with Gasteiger partial charge in [0.05, 0.1) is 0 Å². The Kier molecular flexibility index (Phi) is 5.28. The van der Waals surface area contributed by atoms with Crippen molar-refractivity contribution in [3.8, 4) is 0 Å². The predicted molar refractivity (Wildman–Crippen MR) is 81.1 cm³/mol. The van der Waals surface area contributed by atoms with Crippen LogP contribution in [0.3, 0.4) is 0 Å². The Morgan fingerprint density at radius 2 is 1.86 bits per heavy atom. The Morgan fingerprint density at radius 1 is 1.14 bits per heavy atom. The van der Waals surface area contributed by atoms with E-state index in [2.05, 4.69) is 0 Å². The number of nitrogens with zero attached hydrogens (tertiary/aromatic N) is 1. The number of nitrogens with two attached hydrogens (primary N) is 1. The molecule has 0 heterocycles. The molecular weight excluding hydrogens is 294 g/mol. The SMILES string of the molecule is CN(Cc1cccc(F)c1)C(CN)c1ccc(F)cc1Cl. The molecule has 2 aromatic carbocycles. The average Bonchev–Trinajstić information content (AvgIpc) is 2.42. The largest absolute Gasteiger partial charge is 0.329 e. The van der Waals surface area contributed by atoms with Gasteiger partial charge in [-0.15, -0.1) is 0 Å². The first-order chi connectivity index (χ1) is 10.0. The van der Waals surface area contributed by atoms with Gasteiger partial charge in [-0.1, -0.05) is 29.8 Å². The smallest absolute Gasteiger partial charge is 0.124 e. The summed E-state index contributed by atoms with van der Waals surface area (Å²) in [5.41, 5.74) is 7.43. The number of hydrogen-bond donors (Lipinski definition) is 1. The lowest BCUT2D eigenvalue weighted by Gasteiger charge is -2.28. The molecule has 1 atom stereocenters. The summed E-state index contributed by atoms with van der Waals surface area (Å²) in [6, 6.07) is 10.5. The molecule has 112 valence electrons. The minimum Gasteiger partial charge on any atom is -0.329 e. The monoisotopic (exact) mass is 310 g/mol. The van der Waals surface area contributed by atoms with Crippen molar-refractivity contribution in [3.05, 3.63) is 70.2 Å². The van der Waals surface area contributed by atoms with Crippen molar-refractivity contribution in [2.45, 2.75) is 12.6 Å². The van der Waals surface area contributed by atoms with Crippen LogP contribution in [0.5, 0.6) is 0 Å². The summed E-state index contributed by atoms with van der Waals surface area (Å²) in [5.74, 6) is -0.655. The van der Waals surface area contributed by atoms with Crippen LogP contribution >= 0.6 is 11.6 Å². The zero-order valence-electron chi connectivity index (χ0n) is 11.7. The molecule has 0 amide bonds. The summed E-state index contributed by atoms with van der Waals surface area (Å²) < 4.78 is 26.4. The number of halogens is 3. The topological polar surface area (TPSA) is 29.3 Å². The van der Waals surface area contributed by atoms with Gasteiger partial charge in [0, 0.05) is 24.2 Å².